The number of nitrogens with one attached hydrogen (secondary N) is 1. The summed E-state index contributed by atoms with van der Waals surface area (Å²) in [5.74, 6) is -0.552. The van der Waals surface area contributed by atoms with Gasteiger partial charge < -0.3 is 14.8 Å². The van der Waals surface area contributed by atoms with E-state index in [1.807, 2.05) is 36.4 Å². The number of carbonyl (C=O) groups is 2. The van der Waals surface area contributed by atoms with Gasteiger partial charge in [0.15, 0.2) is 5.65 Å². The predicted molar refractivity (Wildman–Crippen MR) is 125 cm³/mol. The largest absolute Gasteiger partial charge is 0.467 e. The van der Waals surface area contributed by atoms with E-state index in [2.05, 4.69) is 20.3 Å². The van der Waals surface area contributed by atoms with Gasteiger partial charge in [-0.3, -0.25) is 4.98 Å². The van der Waals surface area contributed by atoms with Crippen molar-refractivity contribution in [3.8, 4) is 0 Å². The van der Waals surface area contributed by atoms with Crippen LogP contribution in [-0.2, 0) is 33.5 Å². The minimum atomic E-state index is -0.879. The van der Waals surface area contributed by atoms with Gasteiger partial charge in [0.2, 0.25) is 0 Å². The average molecular weight is 451 g/mol. The molecule has 0 bridgehead atoms. The molecule has 1 N–H and O–H groups in total. The van der Waals surface area contributed by atoms with Gasteiger partial charge in [0, 0.05) is 35.6 Å². The van der Waals surface area contributed by atoms with Gasteiger partial charge in [-0.25, -0.2) is 19.6 Å². The molecule has 0 aliphatic rings. The van der Waals surface area contributed by atoms with Crippen LogP contribution < -0.4 is 5.32 Å². The zero-order valence-corrected chi connectivity index (χ0v) is 19.5. The van der Waals surface area contributed by atoms with Crippen molar-refractivity contribution in [2.24, 2.45) is 0 Å². The van der Waals surface area contributed by atoms with Crippen molar-refractivity contribution in [3.63, 3.8) is 0 Å². The van der Waals surface area contributed by atoms with E-state index < -0.39 is 23.7 Å². The quantitative estimate of drug-likeness (QED) is 0.521. The molecule has 1 atom stereocenters. The molecule has 1 amide bonds. The predicted octanol–water partition coefficient (Wildman–Crippen LogP) is 3.81. The average Bonchev–Trinajstić information content (AvgIpc) is 2.78. The van der Waals surface area contributed by atoms with Gasteiger partial charge in [-0.05, 0) is 75.9 Å². The maximum absolute atomic E-state index is 12.1. The molecule has 0 fully saturated rings. The molecule has 174 valence electrons. The second-order valence-electron chi connectivity index (χ2n) is 8.79. The Hall–Kier alpha value is -3.55. The van der Waals surface area contributed by atoms with E-state index in [1.54, 1.807) is 33.2 Å². The number of aromatic nitrogens is 3. The molecule has 3 aromatic heterocycles. The van der Waals surface area contributed by atoms with E-state index in [-0.39, 0.29) is 6.42 Å². The minimum Gasteiger partial charge on any atom is -0.467 e. The third-order valence-electron chi connectivity index (χ3n) is 4.90. The number of amides is 1. The molecule has 3 heterocycles. The number of methoxy groups -OCH3 is 1. The first-order chi connectivity index (χ1) is 15.7. The van der Waals surface area contributed by atoms with Crippen molar-refractivity contribution in [1.82, 2.24) is 20.3 Å². The fourth-order valence-electron chi connectivity index (χ4n) is 3.32. The number of esters is 1. The molecular weight excluding hydrogens is 420 g/mol. The number of ether oxygens (including phenoxy) is 2. The molecule has 0 spiro atoms. The van der Waals surface area contributed by atoms with Crippen LogP contribution in [0.1, 0.15) is 44.1 Å². The fourth-order valence-corrected chi connectivity index (χ4v) is 3.32. The molecule has 0 aromatic carbocycles. The number of fused-ring (bicyclic) bond motifs is 1. The van der Waals surface area contributed by atoms with Crippen LogP contribution in [0.25, 0.3) is 11.0 Å². The fraction of sp³-hybridized carbons (Fsp3) is 0.400. The lowest BCUT2D eigenvalue weighted by Crippen LogP contribution is -2.45. The van der Waals surface area contributed by atoms with Gasteiger partial charge >= 0.3 is 12.1 Å². The van der Waals surface area contributed by atoms with Crippen LogP contribution >= 0.6 is 0 Å². The summed E-state index contributed by atoms with van der Waals surface area (Å²) < 4.78 is 10.1. The highest BCUT2D eigenvalue weighted by atomic mass is 16.6. The van der Waals surface area contributed by atoms with Crippen LogP contribution in [-0.4, -0.2) is 45.8 Å². The monoisotopic (exact) mass is 450 g/mol. The number of alkyl carbamates (subject to hydrolysis) is 1. The molecule has 33 heavy (non-hydrogen) atoms. The van der Waals surface area contributed by atoms with Crippen molar-refractivity contribution in [2.45, 2.75) is 58.1 Å². The summed E-state index contributed by atoms with van der Waals surface area (Å²) in [6.45, 7) is 5.27. The normalized spacial score (nSPS) is 12.2. The van der Waals surface area contributed by atoms with E-state index in [0.29, 0.717) is 5.69 Å². The van der Waals surface area contributed by atoms with Gasteiger partial charge in [-0.1, -0.05) is 6.07 Å². The first kappa shape index (κ1) is 24.1. The summed E-state index contributed by atoms with van der Waals surface area (Å²) in [6, 6.07) is 11.0. The second kappa shape index (κ2) is 10.8. The summed E-state index contributed by atoms with van der Waals surface area (Å²) in [7, 11) is 1.28. The Morgan fingerprint density at radius 3 is 2.52 bits per heavy atom. The number of nitrogens with zero attached hydrogens (tertiary/aromatic N) is 3. The highest BCUT2D eigenvalue weighted by molar-refractivity contribution is 5.81. The molecule has 0 saturated carbocycles. The van der Waals surface area contributed by atoms with Gasteiger partial charge in [-0.15, -0.1) is 0 Å². The highest BCUT2D eigenvalue weighted by Crippen LogP contribution is 2.13. The summed E-state index contributed by atoms with van der Waals surface area (Å²) >= 11 is 0. The van der Waals surface area contributed by atoms with E-state index >= 15 is 0 Å². The van der Waals surface area contributed by atoms with Crippen molar-refractivity contribution in [1.29, 1.82) is 0 Å². The molecule has 3 aromatic rings. The van der Waals surface area contributed by atoms with E-state index in [1.165, 1.54) is 7.11 Å². The molecule has 0 aliphatic heterocycles. The molecule has 0 aliphatic carbocycles. The molecular formula is C25H30N4O4. The smallest absolute Gasteiger partial charge is 0.408 e. The van der Waals surface area contributed by atoms with Crippen LogP contribution in [0.3, 0.4) is 0 Å². The number of rotatable bonds is 8. The van der Waals surface area contributed by atoms with Gasteiger partial charge in [0.1, 0.15) is 11.6 Å². The maximum atomic E-state index is 12.1. The van der Waals surface area contributed by atoms with Crippen LogP contribution in [0, 0.1) is 0 Å². The SMILES string of the molecule is COC(=O)[C@H](Cc1ccc(CCCc2ccc3cccnc3n2)cn1)NC(=O)OC(C)(C)C. The Bertz CT molecular complexity index is 1090. The standard InChI is InChI=1S/C25H30N4O4/c1-25(2,3)33-24(31)29-21(23(30)32-4)15-20-12-10-17(16-27-20)7-5-9-19-13-11-18-8-6-14-26-22(18)28-19/h6,8,10-14,16,21H,5,7,9,15H2,1-4H3,(H,29,31)/t21-/m0/s1. The highest BCUT2D eigenvalue weighted by Gasteiger charge is 2.25. The zero-order valence-electron chi connectivity index (χ0n) is 19.5. The molecule has 8 nitrogen and oxygen atoms in total. The van der Waals surface area contributed by atoms with Crippen LogP contribution in [0.5, 0.6) is 0 Å². The molecule has 0 radical (unpaired) electrons. The molecule has 0 saturated heterocycles. The van der Waals surface area contributed by atoms with Gasteiger partial charge in [0.25, 0.3) is 0 Å². The van der Waals surface area contributed by atoms with Gasteiger partial charge in [-0.2, -0.15) is 0 Å². The summed E-state index contributed by atoms with van der Waals surface area (Å²) in [5, 5.41) is 3.60. The molecule has 8 heteroatoms. The summed E-state index contributed by atoms with van der Waals surface area (Å²) in [6.07, 6.45) is 5.71. The Kier molecular flexibility index (Phi) is 7.92. The van der Waals surface area contributed by atoms with Gasteiger partial charge in [0.05, 0.1) is 7.11 Å². The Morgan fingerprint density at radius 1 is 1.03 bits per heavy atom. The Balaban J connectivity index is 1.54. The van der Waals surface area contributed by atoms with Crippen molar-refractivity contribution in [2.75, 3.05) is 7.11 Å². The van der Waals surface area contributed by atoms with Crippen molar-refractivity contribution >= 4 is 23.1 Å². The van der Waals surface area contributed by atoms with Crippen LogP contribution in [0.4, 0.5) is 4.79 Å². The zero-order chi connectivity index (χ0) is 23.8. The van der Waals surface area contributed by atoms with E-state index in [9.17, 15) is 9.59 Å². The second-order valence-corrected chi connectivity index (χ2v) is 8.79. The Labute approximate surface area is 193 Å². The third kappa shape index (κ3) is 7.52. The maximum Gasteiger partial charge on any atom is 0.408 e. The first-order valence-corrected chi connectivity index (χ1v) is 11.0. The van der Waals surface area contributed by atoms with Crippen molar-refractivity contribution in [3.05, 3.63) is 65.7 Å². The van der Waals surface area contributed by atoms with E-state index in [4.69, 9.17) is 9.47 Å². The lowest BCUT2D eigenvalue weighted by Gasteiger charge is -2.22. The Morgan fingerprint density at radius 2 is 1.82 bits per heavy atom. The summed E-state index contributed by atoms with van der Waals surface area (Å²) in [5.41, 5.74) is 2.88. The number of hydrogen-bond donors (Lipinski definition) is 1. The van der Waals surface area contributed by atoms with Crippen LogP contribution in [0.15, 0.2) is 48.8 Å². The lowest BCUT2D eigenvalue weighted by atomic mass is 10.1. The number of pyridine rings is 3. The molecule has 0 unspecified atom stereocenters. The van der Waals surface area contributed by atoms with Crippen molar-refractivity contribution < 1.29 is 19.1 Å². The lowest BCUT2D eigenvalue weighted by molar-refractivity contribution is -0.143. The summed E-state index contributed by atoms with van der Waals surface area (Å²) in [4.78, 5) is 37.6. The molecule has 3 rings (SSSR count). The topological polar surface area (TPSA) is 103 Å². The minimum absolute atomic E-state index is 0.209. The van der Waals surface area contributed by atoms with Crippen LogP contribution in [0.2, 0.25) is 0 Å². The van der Waals surface area contributed by atoms with E-state index in [0.717, 1.165) is 41.6 Å². The number of hydrogen-bond acceptors (Lipinski definition) is 7. The number of carbonyl (C=O) groups excluding carboxylic acids is 2. The first-order valence-electron chi connectivity index (χ1n) is 11.0. The number of aryl methyl sites for hydroxylation is 2. The third-order valence-corrected chi connectivity index (χ3v) is 4.90.